The molecule has 0 aliphatic carbocycles. The van der Waals surface area contributed by atoms with Gasteiger partial charge in [0.2, 0.25) is 0 Å². The molecule has 2 rings (SSSR count). The lowest BCUT2D eigenvalue weighted by Crippen LogP contribution is -2.37. The Labute approximate surface area is 119 Å². The van der Waals surface area contributed by atoms with Crippen molar-refractivity contribution in [1.29, 1.82) is 0 Å². The molecule has 7 nitrogen and oxygen atoms in total. The van der Waals surface area contributed by atoms with E-state index in [1.807, 2.05) is 4.68 Å². The van der Waals surface area contributed by atoms with Gasteiger partial charge in [-0.2, -0.15) is 0 Å². The van der Waals surface area contributed by atoms with Crippen LogP contribution in [0.5, 0.6) is 0 Å². The van der Waals surface area contributed by atoms with E-state index in [4.69, 9.17) is 9.84 Å². The van der Waals surface area contributed by atoms with Crippen LogP contribution in [-0.2, 0) is 17.8 Å². The van der Waals surface area contributed by atoms with E-state index in [2.05, 4.69) is 27.3 Å². The summed E-state index contributed by atoms with van der Waals surface area (Å²) in [5, 5.41) is 20.6. The van der Waals surface area contributed by atoms with Gasteiger partial charge in [-0.25, -0.2) is 4.68 Å². The summed E-state index contributed by atoms with van der Waals surface area (Å²) < 4.78 is 7.63. The number of hydrogen-bond acceptors (Lipinski definition) is 6. The number of hydrogen-bond donors (Lipinski definition) is 1. The van der Waals surface area contributed by atoms with Gasteiger partial charge in [-0.05, 0) is 36.1 Å². The lowest BCUT2D eigenvalue weighted by molar-refractivity contribution is 0.000117. The minimum Gasteiger partial charge on any atom is -0.396 e. The highest BCUT2D eigenvalue weighted by atomic mass is 16.5. The van der Waals surface area contributed by atoms with Crippen molar-refractivity contribution in [3.63, 3.8) is 0 Å². The third-order valence-corrected chi connectivity index (χ3v) is 3.60. The van der Waals surface area contributed by atoms with Crippen LogP contribution in [-0.4, -0.2) is 62.6 Å². The first kappa shape index (κ1) is 15.3. The topological polar surface area (TPSA) is 76.3 Å². The smallest absolute Gasteiger partial charge is 0.165 e. The van der Waals surface area contributed by atoms with E-state index in [1.165, 1.54) is 0 Å². The van der Waals surface area contributed by atoms with Crippen molar-refractivity contribution >= 4 is 0 Å². The van der Waals surface area contributed by atoms with Crippen LogP contribution >= 0.6 is 0 Å². The summed E-state index contributed by atoms with van der Waals surface area (Å²) in [6.45, 7) is 6.72. The van der Waals surface area contributed by atoms with E-state index in [0.29, 0.717) is 12.7 Å². The molecule has 1 N–H and O–H groups in total. The Morgan fingerprint density at radius 1 is 1.35 bits per heavy atom. The van der Waals surface area contributed by atoms with Crippen molar-refractivity contribution in [2.45, 2.75) is 51.8 Å². The summed E-state index contributed by atoms with van der Waals surface area (Å²) in [7, 11) is 0. The second-order valence-electron chi connectivity index (χ2n) is 5.24. The third-order valence-electron chi connectivity index (χ3n) is 3.60. The average Bonchev–Trinajstić information content (AvgIpc) is 2.89. The second-order valence-corrected chi connectivity index (χ2v) is 5.24. The molecular weight excluding hydrogens is 258 g/mol. The Bertz CT molecular complexity index is 377. The number of tetrazole rings is 1. The highest BCUT2D eigenvalue weighted by molar-refractivity contribution is 4.83. The van der Waals surface area contributed by atoms with E-state index in [-0.39, 0.29) is 6.61 Å². The Balaban J connectivity index is 1.72. The molecular formula is C13H25N5O2. The van der Waals surface area contributed by atoms with Gasteiger partial charge >= 0.3 is 0 Å². The molecule has 114 valence electrons. The zero-order valence-electron chi connectivity index (χ0n) is 12.2. The molecule has 20 heavy (non-hydrogen) atoms. The Morgan fingerprint density at radius 2 is 2.15 bits per heavy atom. The van der Waals surface area contributed by atoms with Crippen molar-refractivity contribution in [3.05, 3.63) is 5.82 Å². The fourth-order valence-electron chi connectivity index (χ4n) is 2.47. The predicted octanol–water partition coefficient (Wildman–Crippen LogP) is 0.447. The molecule has 0 unspecified atom stereocenters. The van der Waals surface area contributed by atoms with Gasteiger partial charge in [0.25, 0.3) is 0 Å². The first-order chi connectivity index (χ1) is 9.83. The molecule has 0 saturated carbocycles. The summed E-state index contributed by atoms with van der Waals surface area (Å²) in [6, 6.07) is 0. The van der Waals surface area contributed by atoms with Crippen molar-refractivity contribution in [2.75, 3.05) is 26.3 Å². The van der Waals surface area contributed by atoms with Crippen LogP contribution in [0.3, 0.4) is 0 Å². The van der Waals surface area contributed by atoms with E-state index < -0.39 is 0 Å². The van der Waals surface area contributed by atoms with Crippen LogP contribution in [0.4, 0.5) is 0 Å². The molecule has 1 aromatic rings. The minimum absolute atomic E-state index is 0.207. The molecule has 0 radical (unpaired) electrons. The fourth-order valence-corrected chi connectivity index (χ4v) is 2.47. The zero-order valence-corrected chi connectivity index (χ0v) is 12.2. The van der Waals surface area contributed by atoms with E-state index >= 15 is 0 Å². The number of aryl methyl sites for hydroxylation is 1. The lowest BCUT2D eigenvalue weighted by Gasteiger charge is -2.31. The van der Waals surface area contributed by atoms with Crippen molar-refractivity contribution in [3.8, 4) is 0 Å². The molecule has 0 aromatic carbocycles. The van der Waals surface area contributed by atoms with Gasteiger partial charge in [0.15, 0.2) is 5.82 Å². The van der Waals surface area contributed by atoms with Crippen LogP contribution in [0.15, 0.2) is 0 Å². The van der Waals surface area contributed by atoms with Crippen LogP contribution in [0.2, 0.25) is 0 Å². The maximum Gasteiger partial charge on any atom is 0.165 e. The predicted molar refractivity (Wildman–Crippen MR) is 74.1 cm³/mol. The number of ether oxygens (including phenoxy) is 1. The molecule has 7 heteroatoms. The molecule has 1 aromatic heterocycles. The van der Waals surface area contributed by atoms with Crippen molar-refractivity contribution in [2.24, 2.45) is 0 Å². The highest BCUT2D eigenvalue weighted by Crippen LogP contribution is 2.15. The zero-order chi connectivity index (χ0) is 14.2. The Kier molecular flexibility index (Phi) is 6.35. The molecule has 1 aliphatic heterocycles. The number of aliphatic hydroxyl groups excluding tert-OH is 1. The number of piperidine rings is 1. The van der Waals surface area contributed by atoms with Gasteiger partial charge in [-0.3, -0.25) is 4.90 Å². The van der Waals surface area contributed by atoms with Gasteiger partial charge in [0.05, 0.1) is 12.6 Å². The average molecular weight is 283 g/mol. The van der Waals surface area contributed by atoms with Crippen molar-refractivity contribution < 1.29 is 9.84 Å². The van der Waals surface area contributed by atoms with Crippen molar-refractivity contribution in [1.82, 2.24) is 25.1 Å². The van der Waals surface area contributed by atoms with Crippen LogP contribution < -0.4 is 0 Å². The van der Waals surface area contributed by atoms with Crippen LogP contribution in [0.1, 0.15) is 38.4 Å². The summed E-state index contributed by atoms with van der Waals surface area (Å²) in [4.78, 5) is 2.38. The molecule has 0 amide bonds. The fraction of sp³-hybridized carbons (Fsp3) is 0.923. The third kappa shape index (κ3) is 4.50. The number of aromatic nitrogens is 4. The van der Waals surface area contributed by atoms with Crippen LogP contribution in [0.25, 0.3) is 0 Å². The van der Waals surface area contributed by atoms with Gasteiger partial charge in [0, 0.05) is 32.8 Å². The monoisotopic (exact) mass is 283 g/mol. The number of rotatable bonds is 8. The number of nitrogens with zero attached hydrogens (tertiary/aromatic N) is 5. The summed E-state index contributed by atoms with van der Waals surface area (Å²) in [6.07, 6.45) is 4.19. The first-order valence-electron chi connectivity index (χ1n) is 7.53. The second kappa shape index (κ2) is 8.28. The maximum absolute atomic E-state index is 8.74. The molecule has 1 fully saturated rings. The molecule has 2 heterocycles. The summed E-state index contributed by atoms with van der Waals surface area (Å²) >= 11 is 0. The molecule has 1 saturated heterocycles. The quantitative estimate of drug-likeness (QED) is 0.698. The van der Waals surface area contributed by atoms with Gasteiger partial charge in [-0.1, -0.05) is 6.92 Å². The van der Waals surface area contributed by atoms with Crippen LogP contribution in [0, 0.1) is 0 Å². The normalized spacial score (nSPS) is 17.7. The molecule has 0 spiro atoms. The summed E-state index contributed by atoms with van der Waals surface area (Å²) in [5.74, 6) is 0.950. The SMILES string of the molecule is CCCn1nnnc1CN1CCC(OCCCO)CC1. The first-order valence-corrected chi connectivity index (χ1v) is 7.53. The lowest BCUT2D eigenvalue weighted by atomic mass is 10.1. The minimum atomic E-state index is 0.207. The maximum atomic E-state index is 8.74. The van der Waals surface area contributed by atoms with E-state index in [1.54, 1.807) is 0 Å². The number of likely N-dealkylation sites (tertiary alicyclic amines) is 1. The van der Waals surface area contributed by atoms with Gasteiger partial charge in [0.1, 0.15) is 0 Å². The standard InChI is InChI=1S/C13H25N5O2/c1-2-6-18-13(14-15-16-18)11-17-7-4-12(5-8-17)20-10-3-9-19/h12,19H,2-11H2,1H3. The molecule has 1 aliphatic rings. The largest absolute Gasteiger partial charge is 0.396 e. The van der Waals surface area contributed by atoms with E-state index in [0.717, 1.165) is 57.7 Å². The Morgan fingerprint density at radius 3 is 2.85 bits per heavy atom. The van der Waals surface area contributed by atoms with Gasteiger partial charge < -0.3 is 9.84 Å². The molecule has 0 atom stereocenters. The molecule has 0 bridgehead atoms. The van der Waals surface area contributed by atoms with Gasteiger partial charge in [-0.15, -0.1) is 5.10 Å². The number of aliphatic hydroxyl groups is 1. The summed E-state index contributed by atoms with van der Waals surface area (Å²) in [5.41, 5.74) is 0. The highest BCUT2D eigenvalue weighted by Gasteiger charge is 2.21. The Hall–Kier alpha value is -1.05. The van der Waals surface area contributed by atoms with E-state index in [9.17, 15) is 0 Å².